The van der Waals surface area contributed by atoms with E-state index in [1.807, 2.05) is 0 Å². The fourth-order valence-corrected chi connectivity index (χ4v) is 3.36. The summed E-state index contributed by atoms with van der Waals surface area (Å²) < 4.78 is 37.4. The molecule has 1 aromatic carbocycles. The summed E-state index contributed by atoms with van der Waals surface area (Å²) in [5.74, 6) is -2.35. The van der Waals surface area contributed by atoms with Gasteiger partial charge in [0.1, 0.15) is 5.82 Å². The number of carboxylic acid groups (broad SMARTS) is 1. The van der Waals surface area contributed by atoms with Gasteiger partial charge in [-0.1, -0.05) is 11.6 Å². The highest BCUT2D eigenvalue weighted by atomic mass is 35.5. The van der Waals surface area contributed by atoms with Gasteiger partial charge in [0.15, 0.2) is 9.84 Å². The van der Waals surface area contributed by atoms with E-state index < -0.39 is 27.4 Å². The van der Waals surface area contributed by atoms with Gasteiger partial charge in [0.05, 0.1) is 27.4 Å². The first-order chi connectivity index (χ1) is 9.79. The van der Waals surface area contributed by atoms with Gasteiger partial charge in [-0.2, -0.15) is 0 Å². The molecule has 0 aliphatic carbocycles. The maximum atomic E-state index is 13.0. The van der Waals surface area contributed by atoms with E-state index in [0.29, 0.717) is 0 Å². The Morgan fingerprint density at radius 3 is 2.57 bits per heavy atom. The molecule has 0 bridgehead atoms. The van der Waals surface area contributed by atoms with Gasteiger partial charge in [-0.05, 0) is 29.8 Å². The van der Waals surface area contributed by atoms with Crippen molar-refractivity contribution >= 4 is 27.4 Å². The number of aromatic nitrogens is 1. The first kappa shape index (κ1) is 15.4. The Kier molecular flexibility index (Phi) is 4.24. The molecule has 1 heterocycles. The van der Waals surface area contributed by atoms with Crippen LogP contribution in [0.2, 0.25) is 5.02 Å². The molecule has 1 N–H and O–H groups in total. The van der Waals surface area contributed by atoms with Gasteiger partial charge in [0.25, 0.3) is 0 Å². The molecular formula is C13H9ClFNO4S. The van der Waals surface area contributed by atoms with Crippen LogP contribution in [0.15, 0.2) is 41.6 Å². The largest absolute Gasteiger partial charge is 0.478 e. The van der Waals surface area contributed by atoms with E-state index in [9.17, 15) is 17.6 Å². The summed E-state index contributed by atoms with van der Waals surface area (Å²) in [7, 11) is -3.78. The zero-order valence-electron chi connectivity index (χ0n) is 10.5. The van der Waals surface area contributed by atoms with Crippen LogP contribution < -0.4 is 0 Å². The third-order valence-corrected chi connectivity index (χ3v) is 4.65. The molecule has 0 aliphatic heterocycles. The van der Waals surface area contributed by atoms with E-state index in [1.165, 1.54) is 6.20 Å². The highest BCUT2D eigenvalue weighted by Gasteiger charge is 2.19. The summed E-state index contributed by atoms with van der Waals surface area (Å²) in [6, 6.07) is 4.39. The zero-order valence-corrected chi connectivity index (χ0v) is 12.0. The van der Waals surface area contributed by atoms with Gasteiger partial charge >= 0.3 is 5.97 Å². The van der Waals surface area contributed by atoms with Gasteiger partial charge in [-0.3, -0.25) is 4.98 Å². The number of aromatic carboxylic acids is 1. The molecule has 0 unspecified atom stereocenters. The molecule has 21 heavy (non-hydrogen) atoms. The number of carboxylic acids is 1. The first-order valence-corrected chi connectivity index (χ1v) is 7.67. The second kappa shape index (κ2) is 5.79. The smallest absolute Gasteiger partial charge is 0.337 e. The van der Waals surface area contributed by atoms with Gasteiger partial charge in [0.2, 0.25) is 0 Å². The lowest BCUT2D eigenvalue weighted by Crippen LogP contribution is -2.07. The van der Waals surface area contributed by atoms with Crippen molar-refractivity contribution in [3.63, 3.8) is 0 Å². The number of carbonyl (C=O) groups is 1. The van der Waals surface area contributed by atoms with Crippen LogP contribution in [0.3, 0.4) is 0 Å². The SMILES string of the molecule is O=C(O)c1ccc(S(=O)(=O)Cc2cncc(F)c2)cc1Cl. The van der Waals surface area contributed by atoms with Crippen LogP contribution in [0, 0.1) is 5.82 Å². The van der Waals surface area contributed by atoms with E-state index >= 15 is 0 Å². The monoisotopic (exact) mass is 329 g/mol. The van der Waals surface area contributed by atoms with E-state index in [2.05, 4.69) is 4.98 Å². The Morgan fingerprint density at radius 2 is 2.00 bits per heavy atom. The topological polar surface area (TPSA) is 84.3 Å². The molecule has 0 saturated heterocycles. The molecule has 1 aromatic heterocycles. The molecule has 5 nitrogen and oxygen atoms in total. The summed E-state index contributed by atoms with van der Waals surface area (Å²) in [5.41, 5.74) is -0.00327. The fourth-order valence-electron chi connectivity index (χ4n) is 1.70. The standard InChI is InChI=1S/C13H9ClFNO4S/c14-12-4-10(1-2-11(12)13(17)18)21(19,20)7-8-3-9(15)6-16-5-8/h1-6H,7H2,(H,17,18). The van der Waals surface area contributed by atoms with E-state index in [0.717, 1.165) is 30.5 Å². The Labute approximate surface area is 124 Å². The van der Waals surface area contributed by atoms with Crippen molar-refractivity contribution in [2.75, 3.05) is 0 Å². The molecule has 0 aliphatic rings. The normalized spacial score (nSPS) is 11.3. The third-order valence-electron chi connectivity index (χ3n) is 2.65. The molecule has 8 heteroatoms. The minimum atomic E-state index is -3.78. The highest BCUT2D eigenvalue weighted by molar-refractivity contribution is 7.90. The number of hydrogen-bond acceptors (Lipinski definition) is 4. The van der Waals surface area contributed by atoms with Crippen LogP contribution in [-0.2, 0) is 15.6 Å². The molecule has 2 aromatic rings. The van der Waals surface area contributed by atoms with Gasteiger partial charge in [0, 0.05) is 6.20 Å². The summed E-state index contributed by atoms with van der Waals surface area (Å²) in [4.78, 5) is 14.3. The van der Waals surface area contributed by atoms with Gasteiger partial charge in [-0.15, -0.1) is 0 Å². The number of nitrogens with zero attached hydrogens (tertiary/aromatic N) is 1. The van der Waals surface area contributed by atoms with Crippen LogP contribution >= 0.6 is 11.6 Å². The summed E-state index contributed by atoms with van der Waals surface area (Å²) in [6.07, 6.45) is 2.21. The molecule has 110 valence electrons. The Morgan fingerprint density at radius 1 is 1.29 bits per heavy atom. The predicted octanol–water partition coefficient (Wildman–Crippen LogP) is 2.55. The fraction of sp³-hybridized carbons (Fsp3) is 0.0769. The Balaban J connectivity index is 2.36. The second-order valence-electron chi connectivity index (χ2n) is 4.22. The van der Waals surface area contributed by atoms with Crippen LogP contribution in [0.25, 0.3) is 0 Å². The van der Waals surface area contributed by atoms with Crippen molar-refractivity contribution in [1.29, 1.82) is 0 Å². The zero-order chi connectivity index (χ0) is 15.6. The molecule has 0 radical (unpaired) electrons. The molecular weight excluding hydrogens is 321 g/mol. The molecule has 0 atom stereocenters. The summed E-state index contributed by atoms with van der Waals surface area (Å²) in [5, 5.41) is 8.66. The van der Waals surface area contributed by atoms with E-state index in [1.54, 1.807) is 0 Å². The number of halogens is 2. The molecule has 0 spiro atoms. The number of rotatable bonds is 4. The Hall–Kier alpha value is -1.99. The number of pyridine rings is 1. The van der Waals surface area contributed by atoms with Crippen molar-refractivity contribution in [1.82, 2.24) is 4.98 Å². The van der Waals surface area contributed by atoms with Crippen molar-refractivity contribution < 1.29 is 22.7 Å². The van der Waals surface area contributed by atoms with Crippen molar-refractivity contribution in [3.8, 4) is 0 Å². The summed E-state index contributed by atoms with van der Waals surface area (Å²) in [6.45, 7) is 0. The molecule has 0 fully saturated rings. The van der Waals surface area contributed by atoms with Crippen LogP contribution in [0.5, 0.6) is 0 Å². The lowest BCUT2D eigenvalue weighted by Gasteiger charge is -2.06. The minimum absolute atomic E-state index is 0.137. The lowest BCUT2D eigenvalue weighted by atomic mass is 10.2. The van der Waals surface area contributed by atoms with E-state index in [-0.39, 0.29) is 21.0 Å². The number of benzene rings is 1. The molecule has 0 saturated carbocycles. The van der Waals surface area contributed by atoms with Gasteiger partial charge in [-0.25, -0.2) is 17.6 Å². The summed E-state index contributed by atoms with van der Waals surface area (Å²) >= 11 is 5.74. The average molecular weight is 330 g/mol. The van der Waals surface area contributed by atoms with Crippen molar-refractivity contribution in [3.05, 3.63) is 58.6 Å². The molecule has 0 amide bonds. The second-order valence-corrected chi connectivity index (χ2v) is 6.61. The maximum Gasteiger partial charge on any atom is 0.337 e. The van der Waals surface area contributed by atoms with Crippen molar-refractivity contribution in [2.45, 2.75) is 10.6 Å². The highest BCUT2D eigenvalue weighted by Crippen LogP contribution is 2.23. The van der Waals surface area contributed by atoms with Crippen molar-refractivity contribution in [2.24, 2.45) is 0 Å². The maximum absolute atomic E-state index is 13.0. The van der Waals surface area contributed by atoms with Crippen LogP contribution in [0.1, 0.15) is 15.9 Å². The first-order valence-electron chi connectivity index (χ1n) is 5.64. The minimum Gasteiger partial charge on any atom is -0.478 e. The average Bonchev–Trinajstić information content (AvgIpc) is 2.37. The van der Waals surface area contributed by atoms with Crippen LogP contribution in [-0.4, -0.2) is 24.5 Å². The lowest BCUT2D eigenvalue weighted by molar-refractivity contribution is 0.0697. The predicted molar refractivity (Wildman–Crippen MR) is 73.5 cm³/mol. The molecule has 2 rings (SSSR count). The van der Waals surface area contributed by atoms with Gasteiger partial charge < -0.3 is 5.11 Å². The number of sulfone groups is 1. The van der Waals surface area contributed by atoms with E-state index in [4.69, 9.17) is 16.7 Å². The Bertz CT molecular complexity index is 808. The quantitative estimate of drug-likeness (QED) is 0.931. The number of hydrogen-bond donors (Lipinski definition) is 1. The van der Waals surface area contributed by atoms with Crippen LogP contribution in [0.4, 0.5) is 4.39 Å². The third kappa shape index (κ3) is 3.56.